The summed E-state index contributed by atoms with van der Waals surface area (Å²) in [6.07, 6.45) is -0.614. The summed E-state index contributed by atoms with van der Waals surface area (Å²) >= 11 is 0. The molecule has 1 aromatic carbocycles. The van der Waals surface area contributed by atoms with Gasteiger partial charge >= 0.3 is 5.97 Å². The Morgan fingerprint density at radius 3 is 2.64 bits per heavy atom. The highest BCUT2D eigenvalue weighted by molar-refractivity contribution is 5.90. The molecule has 0 radical (unpaired) electrons. The normalized spacial score (nSPS) is 30.6. The molecule has 4 rings (SSSR count). The molecular weight excluding hydrogens is 368 g/mol. The van der Waals surface area contributed by atoms with E-state index in [-0.39, 0.29) is 43.2 Å². The number of aliphatic hydroxyl groups excluding tert-OH is 1. The lowest BCUT2D eigenvalue weighted by molar-refractivity contribution is -0.152. The van der Waals surface area contributed by atoms with Crippen molar-refractivity contribution in [3.8, 4) is 17.2 Å². The number of aliphatic hydroxyl groups is 1. The molecular formula is C20H24O8. The van der Waals surface area contributed by atoms with E-state index in [0.29, 0.717) is 34.8 Å². The molecule has 8 nitrogen and oxygen atoms in total. The van der Waals surface area contributed by atoms with Crippen molar-refractivity contribution in [3.63, 3.8) is 0 Å². The highest BCUT2D eigenvalue weighted by Gasteiger charge is 2.53. The topological polar surface area (TPSA) is 101 Å². The molecule has 1 heterocycles. The number of ketones is 1. The van der Waals surface area contributed by atoms with E-state index in [9.17, 15) is 14.7 Å². The number of esters is 1. The number of fused-ring (bicyclic) bond motifs is 2. The Labute approximate surface area is 162 Å². The number of rotatable bonds is 4. The number of carbonyl (C=O) groups is 2. The van der Waals surface area contributed by atoms with Gasteiger partial charge in [0, 0.05) is 36.0 Å². The summed E-state index contributed by atoms with van der Waals surface area (Å²) in [6.45, 7) is -0.0201. The van der Waals surface area contributed by atoms with Crippen molar-refractivity contribution < 1.29 is 38.4 Å². The average molecular weight is 392 g/mol. The quantitative estimate of drug-likeness (QED) is 0.774. The molecule has 1 N–H and O–H groups in total. The van der Waals surface area contributed by atoms with Crippen LogP contribution < -0.4 is 14.2 Å². The number of ether oxygens (including phenoxy) is 5. The van der Waals surface area contributed by atoms with Gasteiger partial charge in [0.25, 0.3) is 0 Å². The van der Waals surface area contributed by atoms with Crippen LogP contribution in [0.25, 0.3) is 0 Å². The van der Waals surface area contributed by atoms with Gasteiger partial charge in [-0.05, 0) is 12.3 Å². The summed E-state index contributed by atoms with van der Waals surface area (Å²) in [4.78, 5) is 24.8. The van der Waals surface area contributed by atoms with Gasteiger partial charge in [-0.3, -0.25) is 9.59 Å². The fourth-order valence-corrected chi connectivity index (χ4v) is 4.91. The summed E-state index contributed by atoms with van der Waals surface area (Å²) in [5.74, 6) is 0.00435. The highest BCUT2D eigenvalue weighted by atomic mass is 16.7. The Morgan fingerprint density at radius 1 is 1.21 bits per heavy atom. The van der Waals surface area contributed by atoms with E-state index < -0.39 is 18.1 Å². The molecule has 152 valence electrons. The summed E-state index contributed by atoms with van der Waals surface area (Å²) < 4.78 is 27.1. The van der Waals surface area contributed by atoms with Crippen LogP contribution in [0.5, 0.6) is 17.2 Å². The number of benzene rings is 1. The van der Waals surface area contributed by atoms with Gasteiger partial charge in [0.05, 0.1) is 33.4 Å². The Kier molecular flexibility index (Phi) is 4.93. The third-order valence-electron chi connectivity index (χ3n) is 6.07. The molecule has 8 heteroatoms. The Balaban J connectivity index is 1.81. The smallest absolute Gasteiger partial charge is 0.305 e. The van der Waals surface area contributed by atoms with Crippen LogP contribution in [0.1, 0.15) is 42.4 Å². The monoisotopic (exact) mass is 392 g/mol. The lowest BCUT2D eigenvalue weighted by Crippen LogP contribution is -2.47. The largest absolute Gasteiger partial charge is 0.496 e. The zero-order chi connectivity index (χ0) is 20.0. The molecule has 1 aliphatic heterocycles. The molecule has 0 aromatic heterocycles. The molecule has 1 fully saturated rings. The van der Waals surface area contributed by atoms with Gasteiger partial charge < -0.3 is 28.8 Å². The molecule has 3 aliphatic rings. The third-order valence-corrected chi connectivity index (χ3v) is 6.07. The van der Waals surface area contributed by atoms with Crippen molar-refractivity contribution >= 4 is 11.8 Å². The van der Waals surface area contributed by atoms with Crippen molar-refractivity contribution in [3.05, 3.63) is 17.2 Å². The molecule has 5 unspecified atom stereocenters. The van der Waals surface area contributed by atoms with Crippen molar-refractivity contribution in [1.82, 2.24) is 0 Å². The first kappa shape index (κ1) is 19.0. The van der Waals surface area contributed by atoms with Crippen LogP contribution in [-0.2, 0) is 19.1 Å². The van der Waals surface area contributed by atoms with Gasteiger partial charge in [0.2, 0.25) is 0 Å². The molecule has 5 atom stereocenters. The zero-order valence-corrected chi connectivity index (χ0v) is 16.1. The summed E-state index contributed by atoms with van der Waals surface area (Å²) in [6, 6.07) is 1.71. The van der Waals surface area contributed by atoms with Crippen LogP contribution in [0.2, 0.25) is 0 Å². The third kappa shape index (κ3) is 2.82. The molecule has 0 amide bonds. The molecule has 1 saturated carbocycles. The summed E-state index contributed by atoms with van der Waals surface area (Å²) in [5.41, 5.74) is 1.32. The minimum atomic E-state index is -0.902. The van der Waals surface area contributed by atoms with Gasteiger partial charge in [0.1, 0.15) is 17.6 Å². The van der Waals surface area contributed by atoms with Crippen molar-refractivity contribution in [1.29, 1.82) is 0 Å². The lowest BCUT2D eigenvalue weighted by atomic mass is 9.61. The fourth-order valence-electron chi connectivity index (χ4n) is 4.91. The van der Waals surface area contributed by atoms with E-state index in [4.69, 9.17) is 23.7 Å². The minimum absolute atomic E-state index is 0.0201. The predicted molar refractivity (Wildman–Crippen MR) is 95.5 cm³/mol. The number of carbonyl (C=O) groups excluding carboxylic acids is 2. The van der Waals surface area contributed by atoms with E-state index in [1.54, 1.807) is 6.07 Å². The van der Waals surface area contributed by atoms with E-state index in [1.165, 1.54) is 21.3 Å². The second-order valence-electron chi connectivity index (χ2n) is 7.47. The van der Waals surface area contributed by atoms with E-state index in [0.717, 1.165) is 0 Å². The van der Waals surface area contributed by atoms with Crippen LogP contribution in [0.4, 0.5) is 0 Å². The first-order valence-electron chi connectivity index (χ1n) is 9.30. The van der Waals surface area contributed by atoms with Gasteiger partial charge in [-0.1, -0.05) is 0 Å². The number of Topliss-reactive ketones (excluding diaryl/α,β-unsaturated/α-hetero) is 1. The lowest BCUT2D eigenvalue weighted by Gasteiger charge is -2.47. The van der Waals surface area contributed by atoms with Gasteiger partial charge in [-0.25, -0.2) is 0 Å². The van der Waals surface area contributed by atoms with E-state index >= 15 is 0 Å². The zero-order valence-electron chi connectivity index (χ0n) is 16.1. The van der Waals surface area contributed by atoms with Crippen molar-refractivity contribution in [2.45, 2.75) is 37.4 Å². The van der Waals surface area contributed by atoms with Crippen molar-refractivity contribution in [2.75, 3.05) is 28.1 Å². The van der Waals surface area contributed by atoms with Crippen LogP contribution in [0, 0.1) is 11.8 Å². The van der Waals surface area contributed by atoms with E-state index in [2.05, 4.69) is 0 Å². The molecule has 0 bridgehead atoms. The highest BCUT2D eigenvalue weighted by Crippen LogP contribution is 2.58. The van der Waals surface area contributed by atoms with Crippen LogP contribution in [0.3, 0.4) is 0 Å². The molecule has 2 aliphatic carbocycles. The van der Waals surface area contributed by atoms with E-state index in [1.807, 2.05) is 0 Å². The minimum Gasteiger partial charge on any atom is -0.496 e. The van der Waals surface area contributed by atoms with Gasteiger partial charge in [0.15, 0.2) is 18.3 Å². The summed E-state index contributed by atoms with van der Waals surface area (Å²) in [7, 11) is 4.39. The van der Waals surface area contributed by atoms with Crippen LogP contribution in [-0.4, -0.2) is 51.1 Å². The molecule has 1 aromatic rings. The Hall–Kier alpha value is -2.32. The number of hydrogen-bond donors (Lipinski definition) is 1. The fraction of sp³-hybridized carbons (Fsp3) is 0.600. The van der Waals surface area contributed by atoms with Gasteiger partial charge in [-0.2, -0.15) is 0 Å². The molecule has 0 saturated heterocycles. The first-order chi connectivity index (χ1) is 13.5. The Morgan fingerprint density at radius 2 is 1.96 bits per heavy atom. The predicted octanol–water partition coefficient (Wildman–Crippen LogP) is 1.73. The number of methoxy groups -OCH3 is 3. The maximum Gasteiger partial charge on any atom is 0.305 e. The maximum absolute atomic E-state index is 13.1. The SMILES string of the molecule is COC(=O)CC1CC(=O)C2c3c(OC)cc(OC)c4c3C(OCO4)C(O)C2C1. The number of hydrogen-bond acceptors (Lipinski definition) is 8. The maximum atomic E-state index is 13.1. The summed E-state index contributed by atoms with van der Waals surface area (Å²) in [5, 5.41) is 11.1. The van der Waals surface area contributed by atoms with Crippen molar-refractivity contribution in [2.24, 2.45) is 11.8 Å². The Bertz CT molecular complexity index is 804. The average Bonchev–Trinajstić information content (AvgIpc) is 2.70. The second kappa shape index (κ2) is 7.25. The van der Waals surface area contributed by atoms with Crippen LogP contribution in [0.15, 0.2) is 6.07 Å². The standard InChI is InChI=1S/C20H24O8/c1-24-12-7-13(25-2)19-17-16(12)15-10(18(23)20(17)28-8-27-19)4-9(5-11(15)21)6-14(22)26-3/h7,9-10,15,18,20,23H,4-6,8H2,1-3H3. The molecule has 28 heavy (non-hydrogen) atoms. The second-order valence-corrected chi connectivity index (χ2v) is 7.47. The van der Waals surface area contributed by atoms with Gasteiger partial charge in [-0.15, -0.1) is 0 Å². The van der Waals surface area contributed by atoms with Crippen LogP contribution >= 0.6 is 0 Å². The molecule has 0 spiro atoms. The first-order valence-corrected chi connectivity index (χ1v) is 9.30.